The van der Waals surface area contributed by atoms with E-state index >= 15 is 0 Å². The summed E-state index contributed by atoms with van der Waals surface area (Å²) < 4.78 is 6.36. The van der Waals surface area contributed by atoms with E-state index in [1.165, 1.54) is 31.2 Å². The third-order valence-corrected chi connectivity index (χ3v) is 4.97. The normalized spacial score (nSPS) is 29.4. The molecule has 0 amide bonds. The lowest BCUT2D eigenvalue weighted by molar-refractivity contribution is 0.0127. The van der Waals surface area contributed by atoms with Crippen molar-refractivity contribution < 1.29 is 4.74 Å². The van der Waals surface area contributed by atoms with Crippen LogP contribution < -0.4 is 10.1 Å². The second-order valence-corrected chi connectivity index (χ2v) is 6.99. The Morgan fingerprint density at radius 1 is 1.40 bits per heavy atom. The first-order chi connectivity index (χ1) is 9.59. The molecule has 110 valence electrons. The number of halogens is 1. The van der Waals surface area contributed by atoms with Crippen LogP contribution >= 0.6 is 11.6 Å². The number of rotatable bonds is 4. The molecule has 0 radical (unpaired) electrons. The summed E-state index contributed by atoms with van der Waals surface area (Å²) in [6.45, 7) is 5.40. The zero-order chi connectivity index (χ0) is 14.2. The number of fused-ring (bicyclic) bond motifs is 1. The van der Waals surface area contributed by atoms with Crippen LogP contribution in [0.2, 0.25) is 5.02 Å². The zero-order valence-corrected chi connectivity index (χ0v) is 13.2. The lowest BCUT2D eigenvalue weighted by Gasteiger charge is -2.43. The fourth-order valence-corrected chi connectivity index (χ4v) is 3.78. The molecule has 1 aromatic carbocycles. The number of hydrogen-bond acceptors (Lipinski definition) is 2. The van der Waals surface area contributed by atoms with Gasteiger partial charge >= 0.3 is 0 Å². The van der Waals surface area contributed by atoms with Gasteiger partial charge in [0, 0.05) is 23.0 Å². The summed E-state index contributed by atoms with van der Waals surface area (Å²) in [7, 11) is 0. The maximum absolute atomic E-state index is 6.36. The van der Waals surface area contributed by atoms with Crippen LogP contribution in [-0.4, -0.2) is 12.1 Å². The Morgan fingerprint density at radius 3 is 2.85 bits per heavy atom. The van der Waals surface area contributed by atoms with Crippen molar-refractivity contribution in [1.29, 1.82) is 0 Å². The van der Waals surface area contributed by atoms with E-state index < -0.39 is 0 Å². The van der Waals surface area contributed by atoms with Gasteiger partial charge in [0.1, 0.15) is 11.4 Å². The van der Waals surface area contributed by atoms with Gasteiger partial charge in [0.2, 0.25) is 0 Å². The van der Waals surface area contributed by atoms with E-state index in [1.807, 2.05) is 18.2 Å². The standard InChI is InChI=1S/C17H24ClNO/c1-3-19-15-11-17(2,10-12-5-4-6-12)20-16-8-7-13(18)9-14(15)16/h7-9,12,15,19H,3-6,10-11H2,1-2H3. The summed E-state index contributed by atoms with van der Waals surface area (Å²) in [5.41, 5.74) is 1.17. The Balaban J connectivity index is 1.85. The summed E-state index contributed by atoms with van der Waals surface area (Å²) in [4.78, 5) is 0. The van der Waals surface area contributed by atoms with Crippen LogP contribution in [0.4, 0.5) is 0 Å². The lowest BCUT2D eigenvalue weighted by Crippen LogP contribution is -2.44. The molecule has 0 spiro atoms. The molecule has 0 bridgehead atoms. The minimum atomic E-state index is -0.0429. The maximum atomic E-state index is 6.36. The van der Waals surface area contributed by atoms with E-state index in [2.05, 4.69) is 19.2 Å². The summed E-state index contributed by atoms with van der Waals surface area (Å²) in [5, 5.41) is 4.38. The first-order valence-corrected chi connectivity index (χ1v) is 8.19. The van der Waals surface area contributed by atoms with E-state index in [9.17, 15) is 0 Å². The fourth-order valence-electron chi connectivity index (χ4n) is 3.59. The molecule has 2 nitrogen and oxygen atoms in total. The highest BCUT2D eigenvalue weighted by atomic mass is 35.5. The summed E-state index contributed by atoms with van der Waals surface area (Å²) in [6, 6.07) is 6.36. The van der Waals surface area contributed by atoms with Crippen molar-refractivity contribution >= 4 is 11.6 Å². The van der Waals surface area contributed by atoms with Gasteiger partial charge in [-0.2, -0.15) is 0 Å². The molecule has 1 heterocycles. The van der Waals surface area contributed by atoms with Gasteiger partial charge in [-0.15, -0.1) is 0 Å². The van der Waals surface area contributed by atoms with Crippen molar-refractivity contribution in [3.8, 4) is 5.75 Å². The molecule has 0 aromatic heterocycles. The third kappa shape index (κ3) is 2.82. The minimum absolute atomic E-state index is 0.0429. The Morgan fingerprint density at radius 2 is 2.20 bits per heavy atom. The van der Waals surface area contributed by atoms with Gasteiger partial charge < -0.3 is 10.1 Å². The topological polar surface area (TPSA) is 21.3 Å². The molecule has 1 fully saturated rings. The van der Waals surface area contributed by atoms with Gasteiger partial charge in [0.25, 0.3) is 0 Å². The summed E-state index contributed by atoms with van der Waals surface area (Å²) in [5.74, 6) is 1.87. The highest BCUT2D eigenvalue weighted by Crippen LogP contribution is 2.45. The quantitative estimate of drug-likeness (QED) is 0.867. The number of hydrogen-bond donors (Lipinski definition) is 1. The van der Waals surface area contributed by atoms with Crippen molar-refractivity contribution in [2.24, 2.45) is 5.92 Å². The molecule has 1 aromatic rings. The first kappa shape index (κ1) is 14.2. The molecule has 3 heteroatoms. The van der Waals surface area contributed by atoms with Crippen molar-refractivity contribution in [2.75, 3.05) is 6.54 Å². The molecule has 1 aliphatic carbocycles. The molecule has 3 rings (SSSR count). The van der Waals surface area contributed by atoms with Crippen LogP contribution in [0.1, 0.15) is 57.6 Å². The average molecular weight is 294 g/mol. The van der Waals surface area contributed by atoms with Crippen LogP contribution in [0.25, 0.3) is 0 Å². The van der Waals surface area contributed by atoms with Crippen LogP contribution in [0.3, 0.4) is 0 Å². The van der Waals surface area contributed by atoms with Crippen LogP contribution in [0.5, 0.6) is 5.75 Å². The Kier molecular flexibility index (Phi) is 3.96. The van der Waals surface area contributed by atoms with Crippen molar-refractivity contribution in [2.45, 2.75) is 57.6 Å². The predicted molar refractivity (Wildman–Crippen MR) is 83.5 cm³/mol. The zero-order valence-electron chi connectivity index (χ0n) is 12.4. The molecule has 2 atom stereocenters. The molecule has 2 aliphatic rings. The highest BCUT2D eigenvalue weighted by Gasteiger charge is 2.39. The molecule has 20 heavy (non-hydrogen) atoms. The second kappa shape index (κ2) is 5.57. The van der Waals surface area contributed by atoms with E-state index in [0.717, 1.165) is 29.7 Å². The molecule has 1 aliphatic heterocycles. The molecule has 1 N–H and O–H groups in total. The number of benzene rings is 1. The van der Waals surface area contributed by atoms with Crippen LogP contribution in [-0.2, 0) is 0 Å². The summed E-state index contributed by atoms with van der Waals surface area (Å²) in [6.07, 6.45) is 6.35. The van der Waals surface area contributed by atoms with E-state index in [-0.39, 0.29) is 5.60 Å². The van der Waals surface area contributed by atoms with Gasteiger partial charge in [0.15, 0.2) is 0 Å². The molecule has 1 saturated carbocycles. The predicted octanol–water partition coefficient (Wildman–Crippen LogP) is 4.72. The van der Waals surface area contributed by atoms with Crippen LogP contribution in [0.15, 0.2) is 18.2 Å². The number of ether oxygens (including phenoxy) is 1. The summed E-state index contributed by atoms with van der Waals surface area (Å²) >= 11 is 6.15. The number of nitrogens with one attached hydrogen (secondary N) is 1. The van der Waals surface area contributed by atoms with Crippen molar-refractivity contribution in [3.05, 3.63) is 28.8 Å². The largest absolute Gasteiger partial charge is 0.487 e. The van der Waals surface area contributed by atoms with Gasteiger partial charge in [-0.1, -0.05) is 37.8 Å². The van der Waals surface area contributed by atoms with Gasteiger partial charge in [0.05, 0.1) is 0 Å². The van der Waals surface area contributed by atoms with Gasteiger partial charge in [-0.3, -0.25) is 0 Å². The Bertz CT molecular complexity index is 486. The second-order valence-electron chi connectivity index (χ2n) is 6.55. The van der Waals surface area contributed by atoms with E-state index in [4.69, 9.17) is 16.3 Å². The average Bonchev–Trinajstić information content (AvgIpc) is 2.36. The van der Waals surface area contributed by atoms with E-state index in [1.54, 1.807) is 0 Å². The van der Waals surface area contributed by atoms with Gasteiger partial charge in [-0.05, 0) is 44.0 Å². The van der Waals surface area contributed by atoms with Crippen molar-refractivity contribution in [3.63, 3.8) is 0 Å². The van der Waals surface area contributed by atoms with Gasteiger partial charge in [-0.25, -0.2) is 0 Å². The monoisotopic (exact) mass is 293 g/mol. The van der Waals surface area contributed by atoms with E-state index in [0.29, 0.717) is 6.04 Å². The third-order valence-electron chi connectivity index (χ3n) is 4.74. The smallest absolute Gasteiger partial charge is 0.125 e. The molecular weight excluding hydrogens is 270 g/mol. The first-order valence-electron chi connectivity index (χ1n) is 7.81. The highest BCUT2D eigenvalue weighted by molar-refractivity contribution is 6.30. The molecular formula is C17H24ClNO. The molecule has 2 unspecified atom stereocenters. The Labute approximate surface area is 126 Å². The Hall–Kier alpha value is -0.730. The fraction of sp³-hybridized carbons (Fsp3) is 0.647. The SMILES string of the molecule is CCNC1CC(C)(CC2CCC2)Oc2ccc(Cl)cc21. The van der Waals surface area contributed by atoms with Crippen molar-refractivity contribution in [1.82, 2.24) is 5.32 Å². The van der Waals surface area contributed by atoms with Crippen LogP contribution in [0, 0.1) is 5.92 Å². The minimum Gasteiger partial charge on any atom is -0.487 e. The maximum Gasteiger partial charge on any atom is 0.125 e. The lowest BCUT2D eigenvalue weighted by atomic mass is 9.74. The molecule has 0 saturated heterocycles.